The van der Waals surface area contributed by atoms with Gasteiger partial charge in [-0.2, -0.15) is 0 Å². The summed E-state index contributed by atoms with van der Waals surface area (Å²) in [5.41, 5.74) is -0.233. The summed E-state index contributed by atoms with van der Waals surface area (Å²) in [4.78, 5) is 11.8. The third-order valence-electron chi connectivity index (χ3n) is 3.90. The van der Waals surface area contributed by atoms with Crippen molar-refractivity contribution in [3.05, 3.63) is 0 Å². The molecule has 3 nitrogen and oxygen atoms in total. The number of carbonyl (C=O) groups is 1. The number of ether oxygens (including phenoxy) is 2. The molecule has 3 aliphatic rings. The van der Waals surface area contributed by atoms with Gasteiger partial charge in [-0.05, 0) is 25.7 Å². The monoisotopic (exact) mass is 198 g/mol. The Hall–Kier alpha value is -0.410. The van der Waals surface area contributed by atoms with Crippen molar-refractivity contribution in [1.82, 2.24) is 0 Å². The van der Waals surface area contributed by atoms with Crippen LogP contribution < -0.4 is 0 Å². The first-order valence-corrected chi connectivity index (χ1v) is 5.27. The largest absolute Gasteiger partial charge is 0.359 e. The number of hydrogen-bond acceptors (Lipinski definition) is 3. The van der Waals surface area contributed by atoms with Crippen LogP contribution >= 0.6 is 0 Å². The highest BCUT2D eigenvalue weighted by Gasteiger charge is 2.52. The lowest BCUT2D eigenvalue weighted by Crippen LogP contribution is -2.52. The Morgan fingerprint density at radius 1 is 1.29 bits per heavy atom. The molecule has 0 aliphatic heterocycles. The van der Waals surface area contributed by atoms with E-state index in [-0.39, 0.29) is 11.0 Å². The number of Topliss-reactive ketones (excluding diaryl/α,β-unsaturated/α-hetero) is 1. The van der Waals surface area contributed by atoms with Gasteiger partial charge < -0.3 is 9.47 Å². The number of ketones is 1. The van der Waals surface area contributed by atoms with Gasteiger partial charge in [-0.3, -0.25) is 4.79 Å². The summed E-state index contributed by atoms with van der Waals surface area (Å²) in [6.07, 6.45) is 4.58. The molecule has 3 fully saturated rings. The lowest BCUT2D eigenvalue weighted by Gasteiger charge is -2.50. The van der Waals surface area contributed by atoms with Gasteiger partial charge in [0.2, 0.25) is 0 Å². The van der Waals surface area contributed by atoms with Gasteiger partial charge in [-0.1, -0.05) is 6.92 Å². The Morgan fingerprint density at radius 3 is 2.43 bits per heavy atom. The maximum absolute atomic E-state index is 11.8. The molecule has 3 heteroatoms. The molecule has 0 radical (unpaired) electrons. The van der Waals surface area contributed by atoms with Crippen molar-refractivity contribution in [1.29, 1.82) is 0 Å². The van der Waals surface area contributed by atoms with E-state index in [0.29, 0.717) is 19.0 Å². The standard InChI is InChI=1S/C11H18O3/c1-10-3-5-11(6-4-10,7-9(10)12)14-8-13-2/h3-8H2,1-2H3. The molecule has 0 aromatic carbocycles. The Kier molecular flexibility index (Phi) is 2.40. The molecule has 0 aromatic heterocycles. The van der Waals surface area contributed by atoms with Crippen LogP contribution in [0.25, 0.3) is 0 Å². The number of hydrogen-bond donors (Lipinski definition) is 0. The molecule has 3 saturated carbocycles. The second-order valence-corrected chi connectivity index (χ2v) is 4.89. The summed E-state index contributed by atoms with van der Waals surface area (Å²) in [6, 6.07) is 0. The fourth-order valence-corrected chi connectivity index (χ4v) is 2.60. The quantitative estimate of drug-likeness (QED) is 0.650. The average Bonchev–Trinajstić information content (AvgIpc) is 2.19. The zero-order chi connectivity index (χ0) is 10.2. The maximum Gasteiger partial charge on any atom is 0.147 e. The average molecular weight is 198 g/mol. The molecule has 0 amide bonds. The Balaban J connectivity index is 2.06. The Bertz CT molecular complexity index is 233. The molecule has 0 heterocycles. The highest BCUT2D eigenvalue weighted by molar-refractivity contribution is 5.87. The second-order valence-electron chi connectivity index (χ2n) is 4.89. The minimum absolute atomic E-state index is 0.0435. The predicted octanol–water partition coefficient (Wildman–Crippen LogP) is 1.90. The van der Waals surface area contributed by atoms with Crippen molar-refractivity contribution in [2.45, 2.75) is 44.6 Å². The third-order valence-corrected chi connectivity index (χ3v) is 3.90. The lowest BCUT2D eigenvalue weighted by molar-refractivity contribution is -0.186. The van der Waals surface area contributed by atoms with Crippen LogP contribution in [0.4, 0.5) is 0 Å². The van der Waals surface area contributed by atoms with E-state index < -0.39 is 0 Å². The van der Waals surface area contributed by atoms with Gasteiger partial charge in [-0.15, -0.1) is 0 Å². The van der Waals surface area contributed by atoms with E-state index in [1.54, 1.807) is 7.11 Å². The summed E-state index contributed by atoms with van der Waals surface area (Å²) in [5.74, 6) is 0.381. The fourth-order valence-electron chi connectivity index (χ4n) is 2.60. The van der Waals surface area contributed by atoms with E-state index in [4.69, 9.17) is 9.47 Å². The first-order chi connectivity index (χ1) is 6.60. The van der Waals surface area contributed by atoms with Crippen molar-refractivity contribution in [2.75, 3.05) is 13.9 Å². The molecule has 0 unspecified atom stereocenters. The topological polar surface area (TPSA) is 35.5 Å². The van der Waals surface area contributed by atoms with E-state index in [1.807, 2.05) is 0 Å². The van der Waals surface area contributed by atoms with Crippen LogP contribution in [0.1, 0.15) is 39.0 Å². The first kappa shape index (κ1) is 10.1. The van der Waals surface area contributed by atoms with E-state index in [0.717, 1.165) is 25.7 Å². The molecule has 0 saturated heterocycles. The zero-order valence-electron chi connectivity index (χ0n) is 8.97. The van der Waals surface area contributed by atoms with Crippen LogP contribution in [0.3, 0.4) is 0 Å². The van der Waals surface area contributed by atoms with Crippen molar-refractivity contribution < 1.29 is 14.3 Å². The molecule has 0 N–H and O–H groups in total. The van der Waals surface area contributed by atoms with Gasteiger partial charge in [0.15, 0.2) is 0 Å². The van der Waals surface area contributed by atoms with Crippen LogP contribution in [-0.4, -0.2) is 25.3 Å². The molecular formula is C11H18O3. The number of carbonyl (C=O) groups excluding carboxylic acids is 1. The van der Waals surface area contributed by atoms with E-state index in [2.05, 4.69) is 6.92 Å². The lowest BCUT2D eigenvalue weighted by atomic mass is 9.59. The normalized spacial score (nSPS) is 41.7. The number of rotatable bonds is 3. The summed E-state index contributed by atoms with van der Waals surface area (Å²) in [7, 11) is 1.62. The molecule has 80 valence electrons. The highest BCUT2D eigenvalue weighted by Crippen LogP contribution is 2.51. The molecular weight excluding hydrogens is 180 g/mol. The Labute approximate surface area is 84.8 Å². The molecule has 0 aromatic rings. The van der Waals surface area contributed by atoms with Crippen molar-refractivity contribution in [3.8, 4) is 0 Å². The van der Waals surface area contributed by atoms with E-state index >= 15 is 0 Å². The Morgan fingerprint density at radius 2 is 1.93 bits per heavy atom. The molecule has 0 spiro atoms. The second kappa shape index (κ2) is 3.31. The van der Waals surface area contributed by atoms with Gasteiger partial charge >= 0.3 is 0 Å². The SMILES string of the molecule is COCOC12CCC(C)(CC1)C(=O)C2. The maximum atomic E-state index is 11.8. The van der Waals surface area contributed by atoms with Crippen LogP contribution in [0, 0.1) is 5.41 Å². The predicted molar refractivity (Wildman–Crippen MR) is 51.9 cm³/mol. The number of fused-ring (bicyclic) bond motifs is 3. The van der Waals surface area contributed by atoms with Gasteiger partial charge in [0.25, 0.3) is 0 Å². The van der Waals surface area contributed by atoms with Crippen molar-refractivity contribution in [2.24, 2.45) is 5.41 Å². The van der Waals surface area contributed by atoms with Gasteiger partial charge in [0.05, 0.1) is 5.60 Å². The van der Waals surface area contributed by atoms with Gasteiger partial charge in [0.1, 0.15) is 12.6 Å². The summed E-state index contributed by atoms with van der Waals surface area (Å²) in [5, 5.41) is 0. The fraction of sp³-hybridized carbons (Fsp3) is 0.909. The molecule has 2 bridgehead atoms. The summed E-state index contributed by atoms with van der Waals surface area (Å²) in [6.45, 7) is 2.40. The van der Waals surface area contributed by atoms with Crippen molar-refractivity contribution >= 4 is 5.78 Å². The van der Waals surface area contributed by atoms with Crippen LogP contribution in [0.2, 0.25) is 0 Å². The molecule has 0 atom stereocenters. The number of methoxy groups -OCH3 is 1. The van der Waals surface area contributed by atoms with Crippen molar-refractivity contribution in [3.63, 3.8) is 0 Å². The van der Waals surface area contributed by atoms with E-state index in [1.165, 1.54) is 0 Å². The molecule has 14 heavy (non-hydrogen) atoms. The van der Waals surface area contributed by atoms with Crippen LogP contribution in [0.15, 0.2) is 0 Å². The highest BCUT2D eigenvalue weighted by atomic mass is 16.7. The van der Waals surface area contributed by atoms with Gasteiger partial charge in [-0.25, -0.2) is 0 Å². The molecule has 3 rings (SSSR count). The molecule has 3 aliphatic carbocycles. The summed E-state index contributed by atoms with van der Waals surface area (Å²) >= 11 is 0. The van der Waals surface area contributed by atoms with Crippen LogP contribution in [0.5, 0.6) is 0 Å². The minimum Gasteiger partial charge on any atom is -0.359 e. The zero-order valence-corrected chi connectivity index (χ0v) is 8.97. The summed E-state index contributed by atoms with van der Waals surface area (Å²) < 4.78 is 10.6. The third kappa shape index (κ3) is 1.48. The van der Waals surface area contributed by atoms with E-state index in [9.17, 15) is 4.79 Å². The first-order valence-electron chi connectivity index (χ1n) is 5.27. The minimum atomic E-state index is -0.190. The van der Waals surface area contributed by atoms with Crippen LogP contribution in [-0.2, 0) is 14.3 Å². The smallest absolute Gasteiger partial charge is 0.147 e. The van der Waals surface area contributed by atoms with Gasteiger partial charge in [0, 0.05) is 18.9 Å².